The van der Waals surface area contributed by atoms with Gasteiger partial charge in [0.1, 0.15) is 0 Å². The Labute approximate surface area is 100 Å². The molecule has 0 aliphatic carbocycles. The third-order valence-electron chi connectivity index (χ3n) is 2.97. The number of rotatable bonds is 0. The first-order chi connectivity index (χ1) is 7.89. The molecular formula is C12H28N4. The zero-order chi connectivity index (χ0) is 11.5. The maximum absolute atomic E-state index is 3.49. The van der Waals surface area contributed by atoms with E-state index in [-0.39, 0.29) is 0 Å². The lowest BCUT2D eigenvalue weighted by Crippen LogP contribution is -2.30. The van der Waals surface area contributed by atoms with Gasteiger partial charge < -0.3 is 20.9 Å². The molecule has 1 heterocycles. The predicted octanol–water partition coefficient (Wildman–Crippen LogP) is -0.129. The molecule has 0 aromatic carbocycles. The third kappa shape index (κ3) is 8.05. The summed E-state index contributed by atoms with van der Waals surface area (Å²) in [6, 6.07) is 0. The van der Waals surface area contributed by atoms with Gasteiger partial charge in [0.15, 0.2) is 0 Å². The highest BCUT2D eigenvalue weighted by Gasteiger charge is 1.98. The lowest BCUT2D eigenvalue weighted by Gasteiger charge is -2.16. The van der Waals surface area contributed by atoms with Gasteiger partial charge in [0.2, 0.25) is 0 Å². The minimum absolute atomic E-state index is 1.09. The van der Waals surface area contributed by atoms with Crippen molar-refractivity contribution in [3.8, 4) is 0 Å². The number of hydrogen-bond acceptors (Lipinski definition) is 4. The maximum Gasteiger partial charge on any atom is 0.00767 e. The Balaban J connectivity index is 2.10. The van der Waals surface area contributed by atoms with E-state index in [1.807, 2.05) is 0 Å². The molecule has 0 saturated carbocycles. The Hall–Kier alpha value is -0.160. The first-order valence-corrected chi connectivity index (χ1v) is 6.70. The van der Waals surface area contributed by atoms with Crippen molar-refractivity contribution in [2.24, 2.45) is 0 Å². The van der Waals surface area contributed by atoms with Crippen LogP contribution in [0, 0.1) is 0 Å². The van der Waals surface area contributed by atoms with Crippen LogP contribution in [-0.4, -0.2) is 64.3 Å². The van der Waals surface area contributed by atoms with E-state index in [9.17, 15) is 0 Å². The van der Waals surface area contributed by atoms with Crippen molar-refractivity contribution in [1.29, 1.82) is 0 Å². The average Bonchev–Trinajstić information content (AvgIpc) is 2.29. The summed E-state index contributed by atoms with van der Waals surface area (Å²) in [7, 11) is 2.22. The van der Waals surface area contributed by atoms with Crippen molar-refractivity contribution in [3.63, 3.8) is 0 Å². The molecule has 0 bridgehead atoms. The van der Waals surface area contributed by atoms with Crippen LogP contribution in [0.3, 0.4) is 0 Å². The lowest BCUT2D eigenvalue weighted by atomic mass is 10.3. The van der Waals surface area contributed by atoms with Crippen LogP contribution in [0.4, 0.5) is 0 Å². The largest absolute Gasteiger partial charge is 0.317 e. The molecule has 1 aliphatic heterocycles. The average molecular weight is 228 g/mol. The molecule has 16 heavy (non-hydrogen) atoms. The standard InChI is InChI=1S/C12H28N4/c1-16-11-3-7-13-5-2-6-14-9-10-15-8-4-12-16/h13-15H,2-12H2,1H3. The zero-order valence-corrected chi connectivity index (χ0v) is 10.7. The SMILES string of the molecule is CN1CCCNCCCNCCNCCC1. The van der Waals surface area contributed by atoms with Crippen LogP contribution in [0.25, 0.3) is 0 Å². The molecule has 0 amide bonds. The van der Waals surface area contributed by atoms with Crippen LogP contribution in [0.2, 0.25) is 0 Å². The minimum atomic E-state index is 1.09. The fourth-order valence-corrected chi connectivity index (χ4v) is 1.95. The topological polar surface area (TPSA) is 39.3 Å². The highest BCUT2D eigenvalue weighted by Crippen LogP contribution is 1.89. The molecule has 1 saturated heterocycles. The molecule has 1 aliphatic rings. The van der Waals surface area contributed by atoms with Crippen LogP contribution >= 0.6 is 0 Å². The maximum atomic E-state index is 3.49. The minimum Gasteiger partial charge on any atom is -0.317 e. The number of nitrogens with one attached hydrogen (secondary N) is 3. The fourth-order valence-electron chi connectivity index (χ4n) is 1.95. The molecule has 0 aromatic rings. The van der Waals surface area contributed by atoms with Gasteiger partial charge in [0.05, 0.1) is 0 Å². The second-order valence-electron chi connectivity index (χ2n) is 4.61. The highest BCUT2D eigenvalue weighted by molar-refractivity contribution is 4.59. The van der Waals surface area contributed by atoms with E-state index in [0.717, 1.165) is 39.3 Å². The fraction of sp³-hybridized carbons (Fsp3) is 1.00. The first kappa shape index (κ1) is 13.9. The molecule has 1 rings (SSSR count). The van der Waals surface area contributed by atoms with Crippen molar-refractivity contribution in [2.45, 2.75) is 19.3 Å². The van der Waals surface area contributed by atoms with Gasteiger partial charge >= 0.3 is 0 Å². The van der Waals surface area contributed by atoms with Crippen molar-refractivity contribution in [1.82, 2.24) is 20.9 Å². The monoisotopic (exact) mass is 228 g/mol. The van der Waals surface area contributed by atoms with E-state index >= 15 is 0 Å². The smallest absolute Gasteiger partial charge is 0.00767 e. The quantitative estimate of drug-likeness (QED) is 0.540. The van der Waals surface area contributed by atoms with Gasteiger partial charge in [-0.15, -0.1) is 0 Å². The van der Waals surface area contributed by atoms with Crippen molar-refractivity contribution < 1.29 is 0 Å². The predicted molar refractivity (Wildman–Crippen MR) is 70.0 cm³/mol. The van der Waals surface area contributed by atoms with Gasteiger partial charge in [0, 0.05) is 13.1 Å². The molecule has 0 aromatic heterocycles. The van der Waals surface area contributed by atoms with Crippen LogP contribution in [0.15, 0.2) is 0 Å². The summed E-state index contributed by atoms with van der Waals surface area (Å²) in [4.78, 5) is 2.43. The molecule has 0 atom stereocenters. The summed E-state index contributed by atoms with van der Waals surface area (Å²) in [5.41, 5.74) is 0. The van der Waals surface area contributed by atoms with E-state index in [4.69, 9.17) is 0 Å². The highest BCUT2D eigenvalue weighted by atomic mass is 15.1. The summed E-state index contributed by atoms with van der Waals surface area (Å²) in [6.45, 7) is 9.18. The molecule has 0 radical (unpaired) electrons. The van der Waals surface area contributed by atoms with E-state index in [1.54, 1.807) is 0 Å². The molecular weight excluding hydrogens is 200 g/mol. The van der Waals surface area contributed by atoms with Gasteiger partial charge in [-0.1, -0.05) is 0 Å². The second-order valence-corrected chi connectivity index (χ2v) is 4.61. The molecule has 4 nitrogen and oxygen atoms in total. The van der Waals surface area contributed by atoms with Crippen LogP contribution in [0.1, 0.15) is 19.3 Å². The molecule has 1 fully saturated rings. The molecule has 3 N–H and O–H groups in total. The van der Waals surface area contributed by atoms with Gasteiger partial charge in [-0.05, 0) is 65.6 Å². The Kier molecular flexibility index (Phi) is 8.71. The van der Waals surface area contributed by atoms with Crippen molar-refractivity contribution in [2.75, 3.05) is 59.4 Å². The second kappa shape index (κ2) is 10.0. The Bertz CT molecular complexity index is 136. The summed E-state index contributed by atoms with van der Waals surface area (Å²) in [5.74, 6) is 0. The summed E-state index contributed by atoms with van der Waals surface area (Å²) in [5, 5.41) is 10.4. The van der Waals surface area contributed by atoms with Gasteiger partial charge in [-0.25, -0.2) is 0 Å². The number of nitrogens with zero attached hydrogens (tertiary/aromatic N) is 1. The van der Waals surface area contributed by atoms with Crippen LogP contribution < -0.4 is 16.0 Å². The van der Waals surface area contributed by atoms with Crippen LogP contribution in [-0.2, 0) is 0 Å². The summed E-state index contributed by atoms with van der Waals surface area (Å²) in [6.07, 6.45) is 3.75. The van der Waals surface area contributed by atoms with E-state index in [1.165, 1.54) is 32.4 Å². The number of hydrogen-bond donors (Lipinski definition) is 3. The normalized spacial score (nSPS) is 24.6. The van der Waals surface area contributed by atoms with E-state index in [2.05, 4.69) is 27.9 Å². The zero-order valence-electron chi connectivity index (χ0n) is 10.7. The summed E-state index contributed by atoms with van der Waals surface area (Å²) >= 11 is 0. The van der Waals surface area contributed by atoms with Crippen molar-refractivity contribution in [3.05, 3.63) is 0 Å². The lowest BCUT2D eigenvalue weighted by molar-refractivity contribution is 0.321. The van der Waals surface area contributed by atoms with Gasteiger partial charge in [-0.3, -0.25) is 0 Å². The molecule has 0 spiro atoms. The molecule has 0 unspecified atom stereocenters. The Morgan fingerprint density at radius 1 is 0.625 bits per heavy atom. The van der Waals surface area contributed by atoms with Crippen LogP contribution in [0.5, 0.6) is 0 Å². The van der Waals surface area contributed by atoms with Gasteiger partial charge in [-0.2, -0.15) is 0 Å². The first-order valence-electron chi connectivity index (χ1n) is 6.70. The van der Waals surface area contributed by atoms with E-state index in [0.29, 0.717) is 0 Å². The Morgan fingerprint density at radius 2 is 1.06 bits per heavy atom. The summed E-state index contributed by atoms with van der Waals surface area (Å²) < 4.78 is 0. The third-order valence-corrected chi connectivity index (χ3v) is 2.97. The Morgan fingerprint density at radius 3 is 1.62 bits per heavy atom. The van der Waals surface area contributed by atoms with Crippen molar-refractivity contribution >= 4 is 0 Å². The molecule has 4 heteroatoms. The molecule has 96 valence electrons. The van der Waals surface area contributed by atoms with E-state index < -0.39 is 0 Å². The van der Waals surface area contributed by atoms with Gasteiger partial charge in [0.25, 0.3) is 0 Å².